The number of rotatable bonds is 9. The van der Waals surface area contributed by atoms with Gasteiger partial charge in [0.2, 0.25) is 0 Å². The van der Waals surface area contributed by atoms with Gasteiger partial charge in [-0.2, -0.15) is 0 Å². The molecule has 1 saturated heterocycles. The van der Waals surface area contributed by atoms with E-state index in [0.717, 1.165) is 37.5 Å². The maximum Gasteiger partial charge on any atom is 0.164 e. The molecule has 1 aliphatic rings. The summed E-state index contributed by atoms with van der Waals surface area (Å²) in [4.78, 5) is 14.8. The minimum Gasteiger partial charge on any atom is -0.303 e. The van der Waals surface area contributed by atoms with Crippen molar-refractivity contribution in [1.29, 1.82) is 0 Å². The van der Waals surface area contributed by atoms with E-state index in [1.165, 1.54) is 44.1 Å². The summed E-state index contributed by atoms with van der Waals surface area (Å²) in [7, 11) is 0. The average Bonchev–Trinajstić information content (AvgIpc) is 2.57. The second-order valence-electron chi connectivity index (χ2n) is 7.23. The quantitative estimate of drug-likeness (QED) is 0.466. The van der Waals surface area contributed by atoms with Gasteiger partial charge in [0, 0.05) is 25.1 Å². The number of piperidine rings is 1. The lowest BCUT2D eigenvalue weighted by atomic mass is 9.99. The molecule has 1 aromatic rings. The molecule has 1 heterocycles. The third-order valence-corrected chi connectivity index (χ3v) is 4.99. The number of likely N-dealkylation sites (tertiary alicyclic amines) is 1. The van der Waals surface area contributed by atoms with Crippen molar-refractivity contribution in [3.05, 3.63) is 35.4 Å². The summed E-state index contributed by atoms with van der Waals surface area (Å²) in [5, 5.41) is 0. The number of hydrogen-bond donors (Lipinski definition) is 0. The van der Waals surface area contributed by atoms with E-state index in [9.17, 15) is 4.79 Å². The van der Waals surface area contributed by atoms with Crippen molar-refractivity contribution in [3.63, 3.8) is 0 Å². The fourth-order valence-electron chi connectivity index (χ4n) is 3.51. The highest BCUT2D eigenvalue weighted by atomic mass is 16.1. The number of ketones is 1. The zero-order chi connectivity index (χ0) is 16.5. The van der Waals surface area contributed by atoms with E-state index in [-0.39, 0.29) is 0 Å². The first-order chi connectivity index (χ1) is 11.2. The third kappa shape index (κ3) is 6.47. The first-order valence-corrected chi connectivity index (χ1v) is 9.53. The van der Waals surface area contributed by atoms with Crippen molar-refractivity contribution in [3.8, 4) is 0 Å². The van der Waals surface area contributed by atoms with E-state index < -0.39 is 0 Å². The summed E-state index contributed by atoms with van der Waals surface area (Å²) in [6, 6.07) is 8.33. The predicted octanol–water partition coefficient (Wildman–Crippen LogP) is 5.11. The number of Topliss-reactive ketones (excluding diaryl/α,β-unsaturated/α-hetero) is 1. The van der Waals surface area contributed by atoms with Crippen molar-refractivity contribution >= 4 is 5.78 Å². The first kappa shape index (κ1) is 18.2. The maximum absolute atomic E-state index is 12.4. The van der Waals surface area contributed by atoms with Crippen molar-refractivity contribution in [2.75, 3.05) is 19.6 Å². The molecule has 1 fully saturated rings. The molecule has 1 atom stereocenters. The van der Waals surface area contributed by atoms with Crippen molar-refractivity contribution < 1.29 is 4.79 Å². The molecular weight excluding hydrogens is 282 g/mol. The minimum absolute atomic E-state index is 0.292. The molecule has 128 valence electrons. The summed E-state index contributed by atoms with van der Waals surface area (Å²) >= 11 is 0. The Labute approximate surface area is 142 Å². The highest BCUT2D eigenvalue weighted by Gasteiger charge is 2.17. The van der Waals surface area contributed by atoms with Crippen LogP contribution in [0.1, 0.15) is 74.7 Å². The van der Waals surface area contributed by atoms with Crippen LogP contribution in [0, 0.1) is 5.92 Å². The van der Waals surface area contributed by atoms with Gasteiger partial charge in [-0.3, -0.25) is 4.79 Å². The van der Waals surface area contributed by atoms with Gasteiger partial charge >= 0.3 is 0 Å². The topological polar surface area (TPSA) is 20.3 Å². The molecule has 0 aromatic heterocycles. The van der Waals surface area contributed by atoms with E-state index in [0.29, 0.717) is 12.2 Å². The predicted molar refractivity (Wildman–Crippen MR) is 98.1 cm³/mol. The number of benzene rings is 1. The minimum atomic E-state index is 0.292. The number of carbonyl (C=O) groups excluding carboxylic acids is 1. The van der Waals surface area contributed by atoms with Crippen LogP contribution in [-0.4, -0.2) is 30.3 Å². The molecule has 2 rings (SSSR count). The molecule has 23 heavy (non-hydrogen) atoms. The summed E-state index contributed by atoms with van der Waals surface area (Å²) in [5.74, 6) is 1.08. The largest absolute Gasteiger partial charge is 0.303 e. The van der Waals surface area contributed by atoms with Crippen LogP contribution in [0.4, 0.5) is 0 Å². The van der Waals surface area contributed by atoms with Crippen LogP contribution >= 0.6 is 0 Å². The Morgan fingerprint density at radius 3 is 2.65 bits per heavy atom. The number of aryl methyl sites for hydroxylation is 1. The average molecular weight is 316 g/mol. The standard InChI is InChI=1S/C21H33NO/c1-3-4-5-6-9-19-10-12-20(13-11-19)21(23)14-16-22-15-7-8-18(2)17-22/h10-13,18H,3-9,14-17H2,1-2H3. The normalized spacial score (nSPS) is 19.0. The van der Waals surface area contributed by atoms with Crippen LogP contribution in [0.5, 0.6) is 0 Å². The summed E-state index contributed by atoms with van der Waals surface area (Å²) in [6.45, 7) is 7.79. The fourth-order valence-corrected chi connectivity index (χ4v) is 3.51. The van der Waals surface area contributed by atoms with E-state index in [2.05, 4.69) is 30.9 Å². The molecule has 0 radical (unpaired) electrons. The van der Waals surface area contributed by atoms with Gasteiger partial charge in [0.05, 0.1) is 0 Å². The molecule has 1 unspecified atom stereocenters. The lowest BCUT2D eigenvalue weighted by molar-refractivity contribution is 0.0949. The number of nitrogens with zero attached hydrogens (tertiary/aromatic N) is 1. The van der Waals surface area contributed by atoms with Gasteiger partial charge in [-0.1, -0.05) is 57.4 Å². The highest BCUT2D eigenvalue weighted by molar-refractivity contribution is 5.96. The van der Waals surface area contributed by atoms with Crippen LogP contribution in [0.15, 0.2) is 24.3 Å². The summed E-state index contributed by atoms with van der Waals surface area (Å²) in [6.07, 6.45) is 9.59. The van der Waals surface area contributed by atoms with Crippen LogP contribution in [0.25, 0.3) is 0 Å². The van der Waals surface area contributed by atoms with Crippen molar-refractivity contribution in [2.24, 2.45) is 5.92 Å². The second kappa shape index (κ2) is 9.87. The molecular formula is C21H33NO. The van der Waals surface area contributed by atoms with Gasteiger partial charge in [0.15, 0.2) is 5.78 Å². The third-order valence-electron chi connectivity index (χ3n) is 4.99. The molecule has 0 bridgehead atoms. The van der Waals surface area contributed by atoms with E-state index in [1.807, 2.05) is 12.1 Å². The Morgan fingerprint density at radius 2 is 1.96 bits per heavy atom. The fraction of sp³-hybridized carbons (Fsp3) is 0.667. The molecule has 0 N–H and O–H groups in total. The first-order valence-electron chi connectivity index (χ1n) is 9.53. The molecule has 0 aliphatic carbocycles. The maximum atomic E-state index is 12.4. The monoisotopic (exact) mass is 315 g/mol. The van der Waals surface area contributed by atoms with Crippen LogP contribution in [-0.2, 0) is 6.42 Å². The van der Waals surface area contributed by atoms with Gasteiger partial charge in [0.25, 0.3) is 0 Å². The van der Waals surface area contributed by atoms with Crippen molar-refractivity contribution in [1.82, 2.24) is 4.90 Å². The Morgan fingerprint density at radius 1 is 1.17 bits per heavy atom. The Bertz CT molecular complexity index is 465. The molecule has 0 saturated carbocycles. The Balaban J connectivity index is 1.73. The summed E-state index contributed by atoms with van der Waals surface area (Å²) in [5.41, 5.74) is 2.25. The highest BCUT2D eigenvalue weighted by Crippen LogP contribution is 2.16. The van der Waals surface area contributed by atoms with E-state index >= 15 is 0 Å². The molecule has 0 amide bonds. The lowest BCUT2D eigenvalue weighted by Gasteiger charge is -2.30. The van der Waals surface area contributed by atoms with E-state index in [4.69, 9.17) is 0 Å². The van der Waals surface area contributed by atoms with Crippen LogP contribution < -0.4 is 0 Å². The zero-order valence-corrected chi connectivity index (χ0v) is 15.0. The Hall–Kier alpha value is -1.15. The zero-order valence-electron chi connectivity index (χ0n) is 15.0. The number of unbranched alkanes of at least 4 members (excludes halogenated alkanes) is 3. The SMILES string of the molecule is CCCCCCc1ccc(C(=O)CCN2CCCC(C)C2)cc1. The van der Waals surface area contributed by atoms with Gasteiger partial charge in [-0.05, 0) is 43.7 Å². The Kier molecular flexibility index (Phi) is 7.81. The number of hydrogen-bond acceptors (Lipinski definition) is 2. The smallest absolute Gasteiger partial charge is 0.164 e. The molecule has 2 heteroatoms. The van der Waals surface area contributed by atoms with Crippen molar-refractivity contribution in [2.45, 2.75) is 65.2 Å². The molecule has 1 aliphatic heterocycles. The van der Waals surface area contributed by atoms with E-state index in [1.54, 1.807) is 0 Å². The van der Waals surface area contributed by atoms with Gasteiger partial charge in [-0.15, -0.1) is 0 Å². The second-order valence-corrected chi connectivity index (χ2v) is 7.23. The lowest BCUT2D eigenvalue weighted by Crippen LogP contribution is -2.35. The van der Waals surface area contributed by atoms with Gasteiger partial charge in [-0.25, -0.2) is 0 Å². The summed E-state index contributed by atoms with van der Waals surface area (Å²) < 4.78 is 0. The molecule has 2 nitrogen and oxygen atoms in total. The van der Waals surface area contributed by atoms with Gasteiger partial charge < -0.3 is 4.90 Å². The van der Waals surface area contributed by atoms with Crippen LogP contribution in [0.3, 0.4) is 0 Å². The van der Waals surface area contributed by atoms with Gasteiger partial charge in [0.1, 0.15) is 0 Å². The molecule has 1 aromatic carbocycles. The number of carbonyl (C=O) groups is 1. The molecule has 0 spiro atoms. The van der Waals surface area contributed by atoms with Crippen LogP contribution in [0.2, 0.25) is 0 Å².